The molecule has 3 heteroatoms. The highest BCUT2D eigenvalue weighted by molar-refractivity contribution is 5.33. The van der Waals surface area contributed by atoms with Crippen molar-refractivity contribution in [1.82, 2.24) is 9.55 Å². The summed E-state index contributed by atoms with van der Waals surface area (Å²) in [4.78, 5) is 4.59. The molecule has 3 nitrogen and oxygen atoms in total. The van der Waals surface area contributed by atoms with Crippen LogP contribution in [0.15, 0.2) is 6.20 Å². The van der Waals surface area contributed by atoms with Crippen molar-refractivity contribution < 1.29 is 0 Å². The van der Waals surface area contributed by atoms with E-state index in [1.54, 1.807) is 0 Å². The van der Waals surface area contributed by atoms with Crippen molar-refractivity contribution in [3.63, 3.8) is 0 Å². The van der Waals surface area contributed by atoms with E-state index in [4.69, 9.17) is 0 Å². The zero-order valence-electron chi connectivity index (χ0n) is 10.9. The number of anilines is 1. The van der Waals surface area contributed by atoms with E-state index in [2.05, 4.69) is 48.8 Å². The maximum Gasteiger partial charge on any atom is 0.203 e. The Balaban J connectivity index is 2.13. The van der Waals surface area contributed by atoms with Gasteiger partial charge in [-0.25, -0.2) is 4.98 Å². The molecule has 0 spiro atoms. The Hall–Kier alpha value is -0.990. The molecule has 1 aromatic heterocycles. The number of aryl methyl sites for hydroxylation is 1. The van der Waals surface area contributed by atoms with Crippen LogP contribution in [0.25, 0.3) is 0 Å². The number of nitrogens with one attached hydrogen (secondary N) is 1. The molecule has 1 aliphatic rings. The number of hydrogen-bond donors (Lipinski definition) is 1. The van der Waals surface area contributed by atoms with Crippen molar-refractivity contribution in [1.29, 1.82) is 0 Å². The summed E-state index contributed by atoms with van der Waals surface area (Å²) in [5.74, 6) is 1.05. The van der Waals surface area contributed by atoms with Crippen LogP contribution in [0.2, 0.25) is 0 Å². The molecule has 0 radical (unpaired) electrons. The number of hydrogen-bond acceptors (Lipinski definition) is 2. The summed E-state index contributed by atoms with van der Waals surface area (Å²) in [7, 11) is 0. The van der Waals surface area contributed by atoms with Crippen LogP contribution in [-0.2, 0) is 0 Å². The third-order valence-corrected chi connectivity index (χ3v) is 3.12. The average molecular weight is 221 g/mol. The van der Waals surface area contributed by atoms with E-state index in [1.165, 1.54) is 25.7 Å². The first-order chi connectivity index (χ1) is 7.52. The van der Waals surface area contributed by atoms with Gasteiger partial charge < -0.3 is 9.88 Å². The lowest BCUT2D eigenvalue weighted by molar-refractivity contribution is 0.502. The van der Waals surface area contributed by atoms with Crippen molar-refractivity contribution in [3.05, 3.63) is 11.9 Å². The van der Waals surface area contributed by atoms with E-state index in [-0.39, 0.29) is 5.54 Å². The lowest BCUT2D eigenvalue weighted by Gasteiger charge is -2.26. The van der Waals surface area contributed by atoms with Gasteiger partial charge in [0.15, 0.2) is 0 Å². The monoisotopic (exact) mass is 221 g/mol. The zero-order valence-corrected chi connectivity index (χ0v) is 10.9. The molecule has 1 saturated carbocycles. The topological polar surface area (TPSA) is 29.9 Å². The van der Waals surface area contributed by atoms with Crippen molar-refractivity contribution in [3.8, 4) is 0 Å². The lowest BCUT2D eigenvalue weighted by Crippen LogP contribution is -2.32. The Labute approximate surface area is 98.3 Å². The van der Waals surface area contributed by atoms with Crippen molar-refractivity contribution in [2.24, 2.45) is 0 Å². The van der Waals surface area contributed by atoms with Gasteiger partial charge in [-0.15, -0.1) is 0 Å². The standard InChI is InChI=1S/C13H23N3/c1-5-8-13(3,4)15-12-14-10(2)9-16(12)11-6-7-11/h9,11H,5-8H2,1-4H3,(H,14,15). The smallest absolute Gasteiger partial charge is 0.203 e. The molecule has 1 fully saturated rings. The maximum atomic E-state index is 4.59. The summed E-state index contributed by atoms with van der Waals surface area (Å²) >= 11 is 0. The van der Waals surface area contributed by atoms with E-state index >= 15 is 0 Å². The average Bonchev–Trinajstić information content (AvgIpc) is 2.91. The summed E-state index contributed by atoms with van der Waals surface area (Å²) in [6.07, 6.45) is 7.14. The highest BCUT2D eigenvalue weighted by Crippen LogP contribution is 2.38. The van der Waals surface area contributed by atoms with Crippen LogP contribution < -0.4 is 5.32 Å². The molecule has 1 aliphatic carbocycles. The fourth-order valence-electron chi connectivity index (χ4n) is 2.23. The van der Waals surface area contributed by atoms with Crippen LogP contribution in [0.1, 0.15) is 58.2 Å². The van der Waals surface area contributed by atoms with Gasteiger partial charge in [-0.1, -0.05) is 13.3 Å². The van der Waals surface area contributed by atoms with Gasteiger partial charge in [0.25, 0.3) is 0 Å². The number of imidazole rings is 1. The van der Waals surface area contributed by atoms with Crippen LogP contribution in [0.4, 0.5) is 5.95 Å². The normalized spacial score (nSPS) is 16.5. The second-order valence-electron chi connectivity index (χ2n) is 5.60. The van der Waals surface area contributed by atoms with E-state index in [9.17, 15) is 0 Å². The minimum Gasteiger partial charge on any atom is -0.351 e. The quantitative estimate of drug-likeness (QED) is 0.824. The second-order valence-corrected chi connectivity index (χ2v) is 5.60. The molecule has 1 N–H and O–H groups in total. The molecule has 1 aromatic rings. The lowest BCUT2D eigenvalue weighted by atomic mass is 9.99. The second kappa shape index (κ2) is 4.11. The highest BCUT2D eigenvalue weighted by Gasteiger charge is 2.28. The van der Waals surface area contributed by atoms with Crippen molar-refractivity contribution >= 4 is 5.95 Å². The summed E-state index contributed by atoms with van der Waals surface area (Å²) < 4.78 is 2.31. The van der Waals surface area contributed by atoms with Crippen molar-refractivity contribution in [2.45, 2.75) is 65.0 Å². The third-order valence-electron chi connectivity index (χ3n) is 3.12. The van der Waals surface area contributed by atoms with Crippen LogP contribution in [0, 0.1) is 6.92 Å². The minimum atomic E-state index is 0.138. The molecule has 0 atom stereocenters. The molecule has 16 heavy (non-hydrogen) atoms. The Kier molecular flexibility index (Phi) is 2.96. The molecular weight excluding hydrogens is 198 g/mol. The summed E-state index contributed by atoms with van der Waals surface area (Å²) in [6.45, 7) is 8.79. The van der Waals surface area contributed by atoms with Gasteiger partial charge >= 0.3 is 0 Å². The SMILES string of the molecule is CCCC(C)(C)Nc1nc(C)cn1C1CC1. The van der Waals surface area contributed by atoms with Crippen LogP contribution >= 0.6 is 0 Å². The molecule has 0 aliphatic heterocycles. The van der Waals surface area contributed by atoms with Crippen LogP contribution in [-0.4, -0.2) is 15.1 Å². The summed E-state index contributed by atoms with van der Waals surface area (Å²) in [5, 5.41) is 3.58. The minimum absolute atomic E-state index is 0.138. The molecule has 0 unspecified atom stereocenters. The van der Waals surface area contributed by atoms with Gasteiger partial charge in [0.1, 0.15) is 0 Å². The van der Waals surface area contributed by atoms with Crippen molar-refractivity contribution in [2.75, 3.05) is 5.32 Å². The number of rotatable bonds is 5. The molecule has 0 aromatic carbocycles. The fourth-order valence-corrected chi connectivity index (χ4v) is 2.23. The molecule has 90 valence electrons. The Morgan fingerprint density at radius 2 is 2.19 bits per heavy atom. The molecule has 1 heterocycles. The summed E-state index contributed by atoms with van der Waals surface area (Å²) in [5.41, 5.74) is 1.25. The number of aromatic nitrogens is 2. The van der Waals surface area contributed by atoms with E-state index in [0.29, 0.717) is 6.04 Å². The third kappa shape index (κ3) is 2.57. The van der Waals surface area contributed by atoms with Gasteiger partial charge in [0.2, 0.25) is 5.95 Å². The maximum absolute atomic E-state index is 4.59. The van der Waals surface area contributed by atoms with Crippen LogP contribution in [0.5, 0.6) is 0 Å². The summed E-state index contributed by atoms with van der Waals surface area (Å²) in [6, 6.07) is 0.695. The molecule has 2 rings (SSSR count). The van der Waals surface area contributed by atoms with Gasteiger partial charge in [0.05, 0.1) is 5.69 Å². The predicted octanol–water partition coefficient (Wildman–Crippen LogP) is 3.52. The van der Waals surface area contributed by atoms with Crippen LogP contribution in [0.3, 0.4) is 0 Å². The Morgan fingerprint density at radius 1 is 1.50 bits per heavy atom. The Bertz CT molecular complexity index is 361. The Morgan fingerprint density at radius 3 is 2.75 bits per heavy atom. The van der Waals surface area contributed by atoms with Gasteiger partial charge in [-0.05, 0) is 40.0 Å². The first kappa shape index (κ1) is 11.5. The zero-order chi connectivity index (χ0) is 11.8. The first-order valence-corrected chi connectivity index (χ1v) is 6.35. The molecule has 0 saturated heterocycles. The first-order valence-electron chi connectivity index (χ1n) is 6.35. The van der Waals surface area contributed by atoms with E-state index < -0.39 is 0 Å². The molecular formula is C13H23N3. The van der Waals surface area contributed by atoms with E-state index in [0.717, 1.165) is 11.6 Å². The fraction of sp³-hybridized carbons (Fsp3) is 0.769. The largest absolute Gasteiger partial charge is 0.351 e. The van der Waals surface area contributed by atoms with E-state index in [1.807, 2.05) is 0 Å². The van der Waals surface area contributed by atoms with Gasteiger partial charge in [-0.3, -0.25) is 0 Å². The van der Waals surface area contributed by atoms with Gasteiger partial charge in [-0.2, -0.15) is 0 Å². The predicted molar refractivity (Wildman–Crippen MR) is 67.8 cm³/mol. The molecule has 0 amide bonds. The molecule has 0 bridgehead atoms. The number of nitrogens with zero attached hydrogens (tertiary/aromatic N) is 2. The van der Waals surface area contributed by atoms with Gasteiger partial charge in [0, 0.05) is 17.8 Å². The highest BCUT2D eigenvalue weighted by atomic mass is 15.2.